The van der Waals surface area contributed by atoms with Crippen LogP contribution in [0.1, 0.15) is 31.9 Å². The largest absolute Gasteiger partial charge is 0.465 e. The minimum atomic E-state index is -0.716. The number of esters is 1. The second-order valence-electron chi connectivity index (χ2n) is 4.32. The van der Waals surface area contributed by atoms with Gasteiger partial charge in [-0.1, -0.05) is 36.4 Å². The monoisotopic (exact) mass is 260 g/mol. The topological polar surface area (TPSA) is 43.4 Å². The number of carbonyl (C=O) groups excluding carboxylic acids is 2. The molecule has 1 aromatic carbocycles. The first kappa shape index (κ1) is 15.2. The van der Waals surface area contributed by atoms with Crippen molar-refractivity contribution in [1.82, 2.24) is 0 Å². The van der Waals surface area contributed by atoms with Crippen molar-refractivity contribution >= 4 is 17.8 Å². The van der Waals surface area contributed by atoms with Gasteiger partial charge in [-0.25, -0.2) is 0 Å². The van der Waals surface area contributed by atoms with Crippen molar-refractivity contribution in [2.75, 3.05) is 6.61 Å². The molecule has 0 amide bonds. The first-order valence-electron chi connectivity index (χ1n) is 6.47. The lowest BCUT2D eigenvalue weighted by Gasteiger charge is -2.14. The van der Waals surface area contributed by atoms with Crippen LogP contribution in [0.25, 0.3) is 6.08 Å². The molecule has 19 heavy (non-hydrogen) atoms. The lowest BCUT2D eigenvalue weighted by Crippen LogP contribution is -2.26. The molecule has 0 spiro atoms. The Bertz CT molecular complexity index is 475. The summed E-state index contributed by atoms with van der Waals surface area (Å²) >= 11 is 0. The number of ether oxygens (including phenoxy) is 1. The van der Waals surface area contributed by atoms with Gasteiger partial charge in [0.1, 0.15) is 11.7 Å². The zero-order valence-corrected chi connectivity index (χ0v) is 11.7. The van der Waals surface area contributed by atoms with Gasteiger partial charge in [-0.3, -0.25) is 9.59 Å². The van der Waals surface area contributed by atoms with Gasteiger partial charge in [0.15, 0.2) is 0 Å². The van der Waals surface area contributed by atoms with Gasteiger partial charge < -0.3 is 4.74 Å². The lowest BCUT2D eigenvalue weighted by molar-refractivity contribution is -0.151. The van der Waals surface area contributed by atoms with E-state index in [0.29, 0.717) is 13.0 Å². The van der Waals surface area contributed by atoms with Gasteiger partial charge in [0.25, 0.3) is 0 Å². The predicted octanol–water partition coefficient (Wildman–Crippen LogP) is 3.03. The van der Waals surface area contributed by atoms with Crippen LogP contribution in [0.2, 0.25) is 0 Å². The summed E-state index contributed by atoms with van der Waals surface area (Å²) in [5.74, 6) is -1.31. The van der Waals surface area contributed by atoms with Gasteiger partial charge >= 0.3 is 5.97 Å². The highest BCUT2D eigenvalue weighted by atomic mass is 16.5. The third kappa shape index (κ3) is 4.36. The molecule has 0 aliphatic rings. The molecular weight excluding hydrogens is 240 g/mol. The Morgan fingerprint density at radius 1 is 1.32 bits per heavy atom. The fourth-order valence-corrected chi connectivity index (χ4v) is 1.92. The van der Waals surface area contributed by atoms with Gasteiger partial charge in [-0.15, -0.1) is 0 Å². The summed E-state index contributed by atoms with van der Waals surface area (Å²) in [6.07, 6.45) is 4.29. The molecule has 3 heteroatoms. The molecule has 1 atom stereocenters. The van der Waals surface area contributed by atoms with Gasteiger partial charge in [0.05, 0.1) is 6.61 Å². The molecule has 102 valence electrons. The van der Waals surface area contributed by atoms with E-state index in [0.717, 1.165) is 11.1 Å². The minimum Gasteiger partial charge on any atom is -0.465 e. The van der Waals surface area contributed by atoms with Crippen LogP contribution in [0.15, 0.2) is 30.3 Å². The number of carbonyl (C=O) groups is 2. The van der Waals surface area contributed by atoms with E-state index in [1.807, 2.05) is 43.3 Å². The van der Waals surface area contributed by atoms with Crippen LogP contribution in [0, 0.1) is 5.92 Å². The van der Waals surface area contributed by atoms with E-state index < -0.39 is 11.9 Å². The molecule has 3 nitrogen and oxygen atoms in total. The number of ketones is 1. The molecular formula is C16H20O3. The summed E-state index contributed by atoms with van der Waals surface area (Å²) in [6.45, 7) is 5.40. The lowest BCUT2D eigenvalue weighted by atomic mass is 9.93. The summed E-state index contributed by atoms with van der Waals surface area (Å²) in [7, 11) is 0. The van der Waals surface area contributed by atoms with Crippen molar-refractivity contribution in [3.8, 4) is 0 Å². The van der Waals surface area contributed by atoms with Crippen molar-refractivity contribution < 1.29 is 14.3 Å². The highest BCUT2D eigenvalue weighted by Crippen LogP contribution is 2.17. The molecule has 1 rings (SSSR count). The van der Waals surface area contributed by atoms with Crippen LogP contribution in [0.5, 0.6) is 0 Å². The summed E-state index contributed by atoms with van der Waals surface area (Å²) in [6, 6.07) is 7.75. The standard InChI is InChI=1S/C16H20O3/c1-4-8-13-9-6-7-10-14(13)11-15(12(3)17)16(18)19-5-2/h4,6-10,15H,5,11H2,1-3H3/b8-4+. The molecule has 0 fully saturated rings. The molecule has 0 saturated carbocycles. The van der Waals surface area contributed by atoms with Crippen molar-refractivity contribution in [2.45, 2.75) is 27.2 Å². The van der Waals surface area contributed by atoms with E-state index in [4.69, 9.17) is 4.74 Å². The molecule has 0 aliphatic heterocycles. The molecule has 0 bridgehead atoms. The summed E-state index contributed by atoms with van der Waals surface area (Å²) in [4.78, 5) is 23.4. The summed E-state index contributed by atoms with van der Waals surface area (Å²) in [5.41, 5.74) is 2.01. The first-order valence-corrected chi connectivity index (χ1v) is 6.47. The summed E-state index contributed by atoms with van der Waals surface area (Å²) < 4.78 is 4.96. The Labute approximate surface area is 114 Å². The third-order valence-corrected chi connectivity index (χ3v) is 2.89. The van der Waals surface area contributed by atoms with Crippen LogP contribution in [0.3, 0.4) is 0 Å². The van der Waals surface area contributed by atoms with Crippen molar-refractivity contribution in [2.24, 2.45) is 5.92 Å². The highest BCUT2D eigenvalue weighted by Gasteiger charge is 2.25. The van der Waals surface area contributed by atoms with Crippen molar-refractivity contribution in [3.05, 3.63) is 41.5 Å². The Morgan fingerprint density at radius 2 is 2.00 bits per heavy atom. The van der Waals surface area contributed by atoms with Gasteiger partial charge in [0.2, 0.25) is 0 Å². The van der Waals surface area contributed by atoms with Gasteiger partial charge in [-0.05, 0) is 38.3 Å². The molecule has 0 heterocycles. The molecule has 0 radical (unpaired) electrons. The second-order valence-corrected chi connectivity index (χ2v) is 4.32. The smallest absolute Gasteiger partial charge is 0.316 e. The van der Waals surface area contributed by atoms with E-state index in [9.17, 15) is 9.59 Å². The zero-order valence-electron chi connectivity index (χ0n) is 11.7. The normalized spacial score (nSPS) is 12.4. The number of benzene rings is 1. The van der Waals surface area contributed by atoms with Crippen LogP contribution >= 0.6 is 0 Å². The number of allylic oxidation sites excluding steroid dienone is 1. The van der Waals surface area contributed by atoms with Gasteiger partial charge in [-0.2, -0.15) is 0 Å². The highest BCUT2D eigenvalue weighted by molar-refractivity contribution is 5.98. The average Bonchev–Trinajstić information content (AvgIpc) is 2.37. The maximum Gasteiger partial charge on any atom is 0.316 e. The number of rotatable bonds is 6. The number of hydrogen-bond acceptors (Lipinski definition) is 3. The Morgan fingerprint density at radius 3 is 2.58 bits per heavy atom. The van der Waals surface area contributed by atoms with Crippen molar-refractivity contribution in [3.63, 3.8) is 0 Å². The molecule has 0 aliphatic carbocycles. The van der Waals surface area contributed by atoms with Crippen molar-refractivity contribution in [1.29, 1.82) is 0 Å². The van der Waals surface area contributed by atoms with Crippen LogP contribution in [-0.2, 0) is 20.7 Å². The van der Waals surface area contributed by atoms with E-state index in [-0.39, 0.29) is 5.78 Å². The molecule has 0 aromatic heterocycles. The van der Waals surface area contributed by atoms with Gasteiger partial charge in [0, 0.05) is 0 Å². The van der Waals surface area contributed by atoms with E-state index >= 15 is 0 Å². The van der Waals surface area contributed by atoms with E-state index in [2.05, 4.69) is 0 Å². The maximum atomic E-state index is 11.8. The Kier molecular flexibility index (Phi) is 6.00. The Balaban J connectivity index is 2.97. The third-order valence-electron chi connectivity index (χ3n) is 2.89. The van der Waals surface area contributed by atoms with Crippen LogP contribution in [-0.4, -0.2) is 18.4 Å². The molecule has 1 unspecified atom stereocenters. The minimum absolute atomic E-state index is 0.159. The zero-order chi connectivity index (χ0) is 14.3. The van der Waals surface area contributed by atoms with E-state index in [1.54, 1.807) is 6.92 Å². The predicted molar refractivity (Wildman–Crippen MR) is 75.7 cm³/mol. The first-order chi connectivity index (χ1) is 9.10. The summed E-state index contributed by atoms with van der Waals surface area (Å²) in [5, 5.41) is 0. The maximum absolute atomic E-state index is 11.8. The Hall–Kier alpha value is -1.90. The fourth-order valence-electron chi connectivity index (χ4n) is 1.92. The van der Waals surface area contributed by atoms with Crippen LogP contribution in [0.4, 0.5) is 0 Å². The molecule has 0 N–H and O–H groups in total. The molecule has 0 saturated heterocycles. The fraction of sp³-hybridized carbons (Fsp3) is 0.375. The van der Waals surface area contributed by atoms with E-state index in [1.165, 1.54) is 6.92 Å². The van der Waals surface area contributed by atoms with Crippen LogP contribution < -0.4 is 0 Å². The number of Topliss-reactive ketones (excluding diaryl/α,β-unsaturated/α-hetero) is 1. The quantitative estimate of drug-likeness (QED) is 0.583. The second kappa shape index (κ2) is 7.52. The number of hydrogen-bond donors (Lipinski definition) is 0. The molecule has 1 aromatic rings. The average molecular weight is 260 g/mol. The SMILES string of the molecule is C/C=C/c1ccccc1CC(C(C)=O)C(=O)OCC.